The van der Waals surface area contributed by atoms with Gasteiger partial charge < -0.3 is 4.74 Å². The third kappa shape index (κ3) is 1.38. The number of ether oxygens (including phenoxy) is 1. The van der Waals surface area contributed by atoms with Gasteiger partial charge in [-0.1, -0.05) is 12.1 Å². The lowest BCUT2D eigenvalue weighted by molar-refractivity contribution is 0.414. The molecule has 0 unspecified atom stereocenters. The summed E-state index contributed by atoms with van der Waals surface area (Å²) in [7, 11) is 1.71. The molecule has 0 N–H and O–H groups in total. The predicted octanol–water partition coefficient (Wildman–Crippen LogP) is 2.86. The van der Waals surface area contributed by atoms with Gasteiger partial charge >= 0.3 is 0 Å². The smallest absolute Gasteiger partial charge is 0.119 e. The monoisotopic (exact) mass is 211 g/mol. The van der Waals surface area contributed by atoms with Gasteiger partial charge in [0.15, 0.2) is 0 Å². The van der Waals surface area contributed by atoms with Gasteiger partial charge in [-0.3, -0.25) is 4.98 Å². The van der Waals surface area contributed by atoms with Gasteiger partial charge in [-0.25, -0.2) is 0 Å². The molecule has 1 aromatic carbocycles. The Bertz CT molecular complexity index is 534. The minimum Gasteiger partial charge on any atom is -0.497 e. The highest BCUT2D eigenvalue weighted by Crippen LogP contribution is 2.34. The van der Waals surface area contributed by atoms with E-state index in [4.69, 9.17) is 4.74 Å². The van der Waals surface area contributed by atoms with Crippen molar-refractivity contribution in [1.29, 1.82) is 0 Å². The summed E-state index contributed by atoms with van der Waals surface area (Å²) in [5.41, 5.74) is 5.14. The predicted molar refractivity (Wildman–Crippen MR) is 63.6 cm³/mol. The lowest BCUT2D eigenvalue weighted by Crippen LogP contribution is -2.05. The number of pyridine rings is 1. The van der Waals surface area contributed by atoms with Crippen LogP contribution in [-0.4, -0.2) is 12.1 Å². The number of nitrogens with zero attached hydrogens (tertiary/aromatic N) is 1. The Morgan fingerprint density at radius 3 is 2.94 bits per heavy atom. The zero-order chi connectivity index (χ0) is 11.0. The normalized spacial score (nSPS) is 12.8. The second-order valence-electron chi connectivity index (χ2n) is 4.02. The molecule has 0 aliphatic heterocycles. The first kappa shape index (κ1) is 9.40. The van der Waals surface area contributed by atoms with Crippen LogP contribution in [0.5, 0.6) is 5.75 Å². The van der Waals surface area contributed by atoms with E-state index in [0.29, 0.717) is 0 Å². The molecule has 2 heteroatoms. The van der Waals surface area contributed by atoms with E-state index >= 15 is 0 Å². The van der Waals surface area contributed by atoms with Gasteiger partial charge in [0.25, 0.3) is 0 Å². The average molecular weight is 211 g/mol. The van der Waals surface area contributed by atoms with Crippen molar-refractivity contribution in [3.05, 3.63) is 47.8 Å². The Balaban J connectivity index is 2.18. The number of hydrogen-bond donors (Lipinski definition) is 0. The first-order valence-corrected chi connectivity index (χ1v) is 5.49. The number of fused-ring (bicyclic) bond motifs is 3. The first-order valence-electron chi connectivity index (χ1n) is 5.49. The minimum absolute atomic E-state index is 0.936. The molecule has 0 spiro atoms. The number of rotatable bonds is 1. The van der Waals surface area contributed by atoms with E-state index in [9.17, 15) is 0 Å². The van der Waals surface area contributed by atoms with Crippen LogP contribution >= 0.6 is 0 Å². The van der Waals surface area contributed by atoms with Crippen LogP contribution in [0.3, 0.4) is 0 Å². The highest BCUT2D eigenvalue weighted by atomic mass is 16.5. The van der Waals surface area contributed by atoms with E-state index in [1.165, 1.54) is 22.4 Å². The van der Waals surface area contributed by atoms with Crippen molar-refractivity contribution in [2.75, 3.05) is 7.11 Å². The summed E-state index contributed by atoms with van der Waals surface area (Å²) in [6, 6.07) is 10.4. The van der Waals surface area contributed by atoms with Crippen LogP contribution in [0.4, 0.5) is 0 Å². The lowest BCUT2D eigenvalue weighted by atomic mass is 9.88. The molecule has 1 aliphatic carbocycles. The Labute approximate surface area is 94.9 Å². The van der Waals surface area contributed by atoms with Gasteiger partial charge in [-0.2, -0.15) is 0 Å². The van der Waals surface area contributed by atoms with E-state index in [1.54, 1.807) is 7.11 Å². The molecule has 1 aromatic heterocycles. The second-order valence-corrected chi connectivity index (χ2v) is 4.02. The Morgan fingerprint density at radius 2 is 2.06 bits per heavy atom. The molecule has 0 bridgehead atoms. The number of hydrogen-bond acceptors (Lipinski definition) is 2. The van der Waals surface area contributed by atoms with E-state index in [1.807, 2.05) is 18.3 Å². The molecule has 2 nitrogen and oxygen atoms in total. The summed E-state index contributed by atoms with van der Waals surface area (Å²) >= 11 is 0. The van der Waals surface area contributed by atoms with Crippen LogP contribution in [0, 0.1) is 0 Å². The Morgan fingerprint density at radius 1 is 1.12 bits per heavy atom. The molecule has 80 valence electrons. The molecule has 3 rings (SSSR count). The number of aromatic nitrogens is 1. The van der Waals surface area contributed by atoms with Crippen molar-refractivity contribution >= 4 is 0 Å². The van der Waals surface area contributed by atoms with Gasteiger partial charge in [-0.05, 0) is 42.2 Å². The largest absolute Gasteiger partial charge is 0.497 e. The third-order valence-corrected chi connectivity index (χ3v) is 3.12. The maximum atomic E-state index is 5.25. The van der Waals surface area contributed by atoms with Crippen LogP contribution in [0.15, 0.2) is 36.5 Å². The van der Waals surface area contributed by atoms with Crippen LogP contribution in [-0.2, 0) is 12.8 Å². The molecule has 16 heavy (non-hydrogen) atoms. The van der Waals surface area contributed by atoms with Crippen molar-refractivity contribution in [2.24, 2.45) is 0 Å². The molecule has 1 heterocycles. The quantitative estimate of drug-likeness (QED) is 0.723. The lowest BCUT2D eigenvalue weighted by Gasteiger charge is -2.19. The first-order chi connectivity index (χ1) is 7.88. The van der Waals surface area contributed by atoms with Crippen molar-refractivity contribution < 1.29 is 4.74 Å². The molecular formula is C14H13NO. The van der Waals surface area contributed by atoms with E-state index in [0.717, 1.165) is 18.6 Å². The summed E-state index contributed by atoms with van der Waals surface area (Å²) in [6.07, 6.45) is 3.94. The molecule has 0 saturated carbocycles. The number of methoxy groups -OCH3 is 1. The van der Waals surface area contributed by atoms with Gasteiger partial charge in [0.1, 0.15) is 5.75 Å². The fourth-order valence-corrected chi connectivity index (χ4v) is 2.30. The molecule has 0 fully saturated rings. The number of aryl methyl sites for hydroxylation is 2. The van der Waals surface area contributed by atoms with Gasteiger partial charge in [0.2, 0.25) is 0 Å². The summed E-state index contributed by atoms with van der Waals surface area (Å²) < 4.78 is 5.25. The fourth-order valence-electron chi connectivity index (χ4n) is 2.30. The molecular weight excluding hydrogens is 198 g/mol. The fraction of sp³-hybridized carbons (Fsp3) is 0.214. The molecule has 2 aromatic rings. The van der Waals surface area contributed by atoms with Crippen molar-refractivity contribution in [2.45, 2.75) is 12.8 Å². The van der Waals surface area contributed by atoms with Gasteiger partial charge in [0.05, 0.1) is 7.11 Å². The highest BCUT2D eigenvalue weighted by molar-refractivity contribution is 5.72. The second kappa shape index (κ2) is 3.63. The zero-order valence-corrected chi connectivity index (χ0v) is 9.23. The van der Waals surface area contributed by atoms with Gasteiger partial charge in [0, 0.05) is 17.5 Å². The van der Waals surface area contributed by atoms with E-state index in [-0.39, 0.29) is 0 Å². The van der Waals surface area contributed by atoms with Crippen LogP contribution < -0.4 is 4.74 Å². The summed E-state index contributed by atoms with van der Waals surface area (Å²) in [4.78, 5) is 4.43. The topological polar surface area (TPSA) is 22.1 Å². The average Bonchev–Trinajstić information content (AvgIpc) is 2.38. The van der Waals surface area contributed by atoms with Crippen molar-refractivity contribution in [1.82, 2.24) is 4.98 Å². The molecule has 1 aliphatic rings. The summed E-state index contributed by atoms with van der Waals surface area (Å²) in [6.45, 7) is 0. The van der Waals surface area contributed by atoms with E-state index < -0.39 is 0 Å². The summed E-state index contributed by atoms with van der Waals surface area (Å²) in [5.74, 6) is 0.936. The van der Waals surface area contributed by atoms with Crippen LogP contribution in [0.25, 0.3) is 11.1 Å². The van der Waals surface area contributed by atoms with Crippen molar-refractivity contribution in [3.8, 4) is 16.9 Å². The zero-order valence-electron chi connectivity index (χ0n) is 9.23. The maximum Gasteiger partial charge on any atom is 0.119 e. The molecule has 0 saturated heterocycles. The SMILES string of the molecule is COc1ccc2c(c1)CCc1ncccc1-2. The molecule has 0 atom stereocenters. The number of benzene rings is 1. The van der Waals surface area contributed by atoms with Gasteiger partial charge in [-0.15, -0.1) is 0 Å². The molecule has 0 radical (unpaired) electrons. The van der Waals surface area contributed by atoms with Crippen molar-refractivity contribution in [3.63, 3.8) is 0 Å². The van der Waals surface area contributed by atoms with E-state index in [2.05, 4.69) is 23.2 Å². The minimum atomic E-state index is 0.936. The standard InChI is InChI=1S/C14H13NO/c1-16-11-5-6-12-10(9-11)4-7-14-13(12)3-2-8-15-14/h2-3,5-6,8-9H,4,7H2,1H3. The Hall–Kier alpha value is -1.83. The Kier molecular flexibility index (Phi) is 2.13. The molecule has 0 amide bonds. The highest BCUT2D eigenvalue weighted by Gasteiger charge is 2.16. The van der Waals surface area contributed by atoms with Crippen LogP contribution in [0.1, 0.15) is 11.3 Å². The van der Waals surface area contributed by atoms with Crippen LogP contribution in [0.2, 0.25) is 0 Å². The maximum absolute atomic E-state index is 5.25. The third-order valence-electron chi connectivity index (χ3n) is 3.12. The summed E-state index contributed by atoms with van der Waals surface area (Å²) in [5, 5.41) is 0.